The Hall–Kier alpha value is -1.27. The number of alkyl halides is 3. The molecule has 0 N–H and O–H groups in total. The predicted octanol–water partition coefficient (Wildman–Crippen LogP) is 3.24. The van der Waals surface area contributed by atoms with Crippen LogP contribution in [0.4, 0.5) is 13.2 Å². The van der Waals surface area contributed by atoms with Crippen molar-refractivity contribution in [1.29, 1.82) is 0 Å². The highest BCUT2D eigenvalue weighted by atomic mass is 19.4. The van der Waals surface area contributed by atoms with Crippen LogP contribution < -0.4 is 0 Å². The lowest BCUT2D eigenvalue weighted by atomic mass is 10.1. The molecule has 0 amide bonds. The summed E-state index contributed by atoms with van der Waals surface area (Å²) in [5.41, 5.74) is 0. The average Bonchev–Trinajstić information content (AvgIpc) is 2.36. The maximum absolute atomic E-state index is 12.1. The van der Waals surface area contributed by atoms with E-state index in [0.717, 1.165) is 19.8 Å². The molecule has 118 valence electrons. The number of carbonyl (C=O) groups excluding carboxylic acids is 2. The summed E-state index contributed by atoms with van der Waals surface area (Å²) in [7, 11) is 0. The number of halogens is 3. The third-order valence-electron chi connectivity index (χ3n) is 2.94. The molecule has 0 saturated heterocycles. The van der Waals surface area contributed by atoms with Crippen LogP contribution in [0.15, 0.2) is 0 Å². The van der Waals surface area contributed by atoms with Gasteiger partial charge < -0.3 is 9.47 Å². The normalized spacial score (nSPS) is 13.2. The van der Waals surface area contributed by atoms with Gasteiger partial charge in [-0.15, -0.1) is 0 Å². The number of hydrogen-bond donors (Lipinski definition) is 0. The van der Waals surface area contributed by atoms with Gasteiger partial charge in [0.1, 0.15) is 0 Å². The Bertz CT molecular complexity index is 311. The van der Waals surface area contributed by atoms with Gasteiger partial charge in [0.2, 0.25) is 0 Å². The molecule has 0 spiro atoms. The SMILES string of the molecule is CCC(CC)COC(=O)CCC(=O)OC(C)C(F)(F)F. The molecule has 0 aliphatic heterocycles. The van der Waals surface area contributed by atoms with E-state index >= 15 is 0 Å². The molecule has 0 rings (SSSR count). The number of rotatable bonds is 8. The highest BCUT2D eigenvalue weighted by Gasteiger charge is 2.39. The summed E-state index contributed by atoms with van der Waals surface area (Å²) >= 11 is 0. The molecule has 0 aromatic carbocycles. The first-order valence-corrected chi connectivity index (χ1v) is 6.62. The van der Waals surface area contributed by atoms with Gasteiger partial charge in [-0.3, -0.25) is 9.59 Å². The third kappa shape index (κ3) is 8.01. The summed E-state index contributed by atoms with van der Waals surface area (Å²) in [6.45, 7) is 4.94. The molecule has 1 atom stereocenters. The number of carbonyl (C=O) groups is 2. The maximum Gasteiger partial charge on any atom is 0.425 e. The highest BCUT2D eigenvalue weighted by molar-refractivity contribution is 5.77. The van der Waals surface area contributed by atoms with Gasteiger partial charge in [0, 0.05) is 0 Å². The van der Waals surface area contributed by atoms with Crippen LogP contribution in [0, 0.1) is 5.92 Å². The molecule has 1 unspecified atom stereocenters. The van der Waals surface area contributed by atoms with Crippen molar-refractivity contribution in [3.63, 3.8) is 0 Å². The van der Waals surface area contributed by atoms with Crippen molar-refractivity contribution in [3.05, 3.63) is 0 Å². The molecule has 7 heteroatoms. The van der Waals surface area contributed by atoms with E-state index in [1.54, 1.807) is 0 Å². The zero-order chi connectivity index (χ0) is 15.8. The fraction of sp³-hybridized carbons (Fsp3) is 0.846. The average molecular weight is 298 g/mol. The summed E-state index contributed by atoms with van der Waals surface area (Å²) in [5.74, 6) is -1.40. The van der Waals surface area contributed by atoms with Crippen LogP contribution in [0.2, 0.25) is 0 Å². The first kappa shape index (κ1) is 18.7. The van der Waals surface area contributed by atoms with Crippen LogP contribution in [-0.2, 0) is 19.1 Å². The number of ether oxygens (including phenoxy) is 2. The van der Waals surface area contributed by atoms with E-state index in [9.17, 15) is 22.8 Å². The van der Waals surface area contributed by atoms with E-state index in [2.05, 4.69) is 4.74 Å². The molecule has 0 heterocycles. The third-order valence-corrected chi connectivity index (χ3v) is 2.94. The van der Waals surface area contributed by atoms with Gasteiger partial charge in [-0.2, -0.15) is 13.2 Å². The van der Waals surface area contributed by atoms with E-state index in [4.69, 9.17) is 4.74 Å². The van der Waals surface area contributed by atoms with Crippen molar-refractivity contribution in [2.45, 2.75) is 58.7 Å². The molecular formula is C13H21F3O4. The molecule has 0 fully saturated rings. The standard InChI is InChI=1S/C13H21F3O4/c1-4-10(5-2)8-19-11(17)6-7-12(18)20-9(3)13(14,15)16/h9-10H,4-8H2,1-3H3. The molecule has 0 aromatic heterocycles. The molecule has 0 aromatic rings. The zero-order valence-corrected chi connectivity index (χ0v) is 12.0. The Labute approximate surface area is 116 Å². The fourth-order valence-corrected chi connectivity index (χ4v) is 1.33. The summed E-state index contributed by atoms with van der Waals surface area (Å²) in [4.78, 5) is 22.4. The van der Waals surface area contributed by atoms with E-state index in [0.29, 0.717) is 0 Å². The van der Waals surface area contributed by atoms with E-state index in [1.807, 2.05) is 13.8 Å². The van der Waals surface area contributed by atoms with Gasteiger partial charge in [0.15, 0.2) is 6.10 Å². The van der Waals surface area contributed by atoms with Crippen LogP contribution in [0.3, 0.4) is 0 Å². The topological polar surface area (TPSA) is 52.6 Å². The van der Waals surface area contributed by atoms with E-state index in [1.165, 1.54) is 0 Å². The minimum atomic E-state index is -4.59. The summed E-state index contributed by atoms with van der Waals surface area (Å²) in [6.07, 6.45) is -5.71. The second-order valence-electron chi connectivity index (χ2n) is 4.54. The second kappa shape index (κ2) is 8.81. The molecule has 0 bridgehead atoms. The molecule has 0 aliphatic carbocycles. The Morgan fingerprint density at radius 3 is 2.00 bits per heavy atom. The monoisotopic (exact) mass is 298 g/mol. The molecule has 0 saturated carbocycles. The van der Waals surface area contributed by atoms with Crippen molar-refractivity contribution in [2.24, 2.45) is 5.92 Å². The minimum Gasteiger partial charge on any atom is -0.465 e. The predicted molar refractivity (Wildman–Crippen MR) is 65.9 cm³/mol. The summed E-state index contributed by atoms with van der Waals surface area (Å²) in [5, 5.41) is 0. The molecule has 4 nitrogen and oxygen atoms in total. The van der Waals surface area contributed by atoms with Gasteiger partial charge in [-0.1, -0.05) is 26.7 Å². The maximum atomic E-state index is 12.1. The van der Waals surface area contributed by atoms with Crippen molar-refractivity contribution < 1.29 is 32.2 Å². The van der Waals surface area contributed by atoms with Gasteiger partial charge in [0.05, 0.1) is 19.4 Å². The number of esters is 2. The quantitative estimate of drug-likeness (QED) is 0.646. The van der Waals surface area contributed by atoms with Gasteiger partial charge >= 0.3 is 18.1 Å². The van der Waals surface area contributed by atoms with Crippen molar-refractivity contribution in [1.82, 2.24) is 0 Å². The smallest absolute Gasteiger partial charge is 0.425 e. The molecule has 20 heavy (non-hydrogen) atoms. The minimum absolute atomic E-state index is 0.260. The van der Waals surface area contributed by atoms with Gasteiger partial charge in [0.25, 0.3) is 0 Å². The van der Waals surface area contributed by atoms with Crippen LogP contribution in [0.25, 0.3) is 0 Å². The highest BCUT2D eigenvalue weighted by Crippen LogP contribution is 2.22. The van der Waals surface area contributed by atoms with Crippen LogP contribution in [-0.4, -0.2) is 30.8 Å². The first-order chi connectivity index (χ1) is 9.20. The summed E-state index contributed by atoms with van der Waals surface area (Å²) < 4.78 is 45.5. The molecule has 0 aliphatic rings. The lowest BCUT2D eigenvalue weighted by Crippen LogP contribution is -2.31. The van der Waals surface area contributed by atoms with Gasteiger partial charge in [-0.25, -0.2) is 0 Å². The largest absolute Gasteiger partial charge is 0.465 e. The number of hydrogen-bond acceptors (Lipinski definition) is 4. The lowest BCUT2D eigenvalue weighted by molar-refractivity contribution is -0.216. The van der Waals surface area contributed by atoms with Gasteiger partial charge in [-0.05, 0) is 12.8 Å². The first-order valence-electron chi connectivity index (χ1n) is 6.62. The van der Waals surface area contributed by atoms with E-state index < -0.39 is 30.6 Å². The van der Waals surface area contributed by atoms with Crippen LogP contribution in [0.1, 0.15) is 46.5 Å². The zero-order valence-electron chi connectivity index (χ0n) is 12.0. The van der Waals surface area contributed by atoms with Crippen molar-refractivity contribution in [2.75, 3.05) is 6.61 Å². The Morgan fingerprint density at radius 2 is 1.55 bits per heavy atom. The van der Waals surface area contributed by atoms with Crippen molar-refractivity contribution in [3.8, 4) is 0 Å². The van der Waals surface area contributed by atoms with Crippen molar-refractivity contribution >= 4 is 11.9 Å². The summed E-state index contributed by atoms with van der Waals surface area (Å²) in [6, 6.07) is 0. The fourth-order valence-electron chi connectivity index (χ4n) is 1.33. The Morgan fingerprint density at radius 1 is 1.05 bits per heavy atom. The Kier molecular flexibility index (Phi) is 8.25. The van der Waals surface area contributed by atoms with Crippen LogP contribution in [0.5, 0.6) is 0 Å². The van der Waals surface area contributed by atoms with Crippen LogP contribution >= 0.6 is 0 Å². The second-order valence-corrected chi connectivity index (χ2v) is 4.54. The van der Waals surface area contributed by atoms with E-state index in [-0.39, 0.29) is 18.9 Å². The molecular weight excluding hydrogens is 277 g/mol. The molecule has 0 radical (unpaired) electrons. The lowest BCUT2D eigenvalue weighted by Gasteiger charge is -2.16. The Balaban J connectivity index is 3.92.